The quantitative estimate of drug-likeness (QED) is 0.454. The number of nitrogens with one attached hydrogen (secondary N) is 1. The Hall–Kier alpha value is -3.32. The molecule has 0 spiro atoms. The van der Waals surface area contributed by atoms with Crippen molar-refractivity contribution in [3.05, 3.63) is 95.1 Å². The number of carbonyl (C=O) groups excluding carboxylic acids is 1. The Morgan fingerprint density at radius 2 is 1.68 bits per heavy atom. The third-order valence-corrected chi connectivity index (χ3v) is 6.89. The van der Waals surface area contributed by atoms with E-state index in [9.17, 15) is 13.2 Å². The molecule has 180 valence electrons. The number of carbonyl (C=O) groups is 1. The lowest BCUT2D eigenvalue weighted by atomic mass is 9.93. The van der Waals surface area contributed by atoms with E-state index in [0.29, 0.717) is 17.9 Å². The van der Waals surface area contributed by atoms with Crippen molar-refractivity contribution >= 4 is 21.6 Å². The van der Waals surface area contributed by atoms with Gasteiger partial charge in [0.05, 0.1) is 25.1 Å². The molecule has 1 N–H and O–H groups in total. The molecular weight excluding hydrogens is 448 g/mol. The Morgan fingerprint density at radius 1 is 1.00 bits per heavy atom. The van der Waals surface area contributed by atoms with Crippen LogP contribution in [0.25, 0.3) is 0 Å². The van der Waals surface area contributed by atoms with E-state index in [4.69, 9.17) is 4.74 Å². The third-order valence-electron chi connectivity index (χ3n) is 5.70. The Kier molecular flexibility index (Phi) is 8.34. The van der Waals surface area contributed by atoms with E-state index < -0.39 is 10.0 Å². The number of rotatable bonds is 10. The van der Waals surface area contributed by atoms with E-state index >= 15 is 0 Å². The van der Waals surface area contributed by atoms with Crippen molar-refractivity contribution in [2.24, 2.45) is 0 Å². The standard InChI is InChI=1S/C27H32N2O4S/c1-20-12-17-25(21(2)19-20)27(22-9-6-5-7-10-22)28-26(30)11-8-18-29(34(4,31)32)23-13-15-24(33-3)16-14-23/h5-7,9-10,12-17,19,27H,8,11,18H2,1-4H3,(H,28,30). The fourth-order valence-corrected chi connectivity index (χ4v) is 4.95. The molecule has 34 heavy (non-hydrogen) atoms. The van der Waals surface area contributed by atoms with E-state index in [2.05, 4.69) is 17.4 Å². The maximum atomic E-state index is 12.9. The summed E-state index contributed by atoms with van der Waals surface area (Å²) in [4.78, 5) is 12.9. The third kappa shape index (κ3) is 6.60. The van der Waals surface area contributed by atoms with Gasteiger partial charge in [-0.15, -0.1) is 0 Å². The molecule has 3 aromatic carbocycles. The van der Waals surface area contributed by atoms with Crippen LogP contribution in [0, 0.1) is 13.8 Å². The maximum Gasteiger partial charge on any atom is 0.232 e. The molecule has 6 nitrogen and oxygen atoms in total. The first-order valence-corrected chi connectivity index (χ1v) is 13.1. The second-order valence-corrected chi connectivity index (χ2v) is 10.3. The van der Waals surface area contributed by atoms with Gasteiger partial charge >= 0.3 is 0 Å². The lowest BCUT2D eigenvalue weighted by molar-refractivity contribution is -0.121. The molecule has 0 fully saturated rings. The molecule has 0 radical (unpaired) electrons. The zero-order chi connectivity index (χ0) is 24.7. The highest BCUT2D eigenvalue weighted by Crippen LogP contribution is 2.26. The second-order valence-electron chi connectivity index (χ2n) is 8.41. The van der Waals surface area contributed by atoms with Crippen molar-refractivity contribution in [1.82, 2.24) is 5.32 Å². The van der Waals surface area contributed by atoms with Gasteiger partial charge in [0.2, 0.25) is 15.9 Å². The van der Waals surface area contributed by atoms with Gasteiger partial charge in [-0.25, -0.2) is 8.42 Å². The molecule has 1 amide bonds. The number of benzene rings is 3. The predicted octanol–water partition coefficient (Wildman–Crippen LogP) is 4.76. The maximum absolute atomic E-state index is 12.9. The van der Waals surface area contributed by atoms with Crippen LogP contribution in [-0.2, 0) is 14.8 Å². The molecule has 0 saturated heterocycles. The van der Waals surface area contributed by atoms with Crippen molar-refractivity contribution in [3.63, 3.8) is 0 Å². The van der Waals surface area contributed by atoms with Gasteiger partial charge in [-0.3, -0.25) is 9.10 Å². The number of sulfonamides is 1. The van der Waals surface area contributed by atoms with Crippen LogP contribution in [0.2, 0.25) is 0 Å². The van der Waals surface area contributed by atoms with Gasteiger partial charge in [0.25, 0.3) is 0 Å². The first kappa shape index (κ1) is 25.3. The molecule has 7 heteroatoms. The number of hydrogen-bond donors (Lipinski definition) is 1. The minimum atomic E-state index is -3.49. The summed E-state index contributed by atoms with van der Waals surface area (Å²) < 4.78 is 31.2. The van der Waals surface area contributed by atoms with Crippen LogP contribution in [0.3, 0.4) is 0 Å². The molecule has 0 aromatic heterocycles. The van der Waals surface area contributed by atoms with Gasteiger partial charge in [-0.2, -0.15) is 0 Å². The van der Waals surface area contributed by atoms with Crippen LogP contribution < -0.4 is 14.4 Å². The Bertz CT molecular complexity index is 1210. The number of anilines is 1. The summed E-state index contributed by atoms with van der Waals surface area (Å²) in [6.45, 7) is 4.30. The van der Waals surface area contributed by atoms with Gasteiger partial charge in [0.1, 0.15) is 5.75 Å². The molecule has 0 aliphatic heterocycles. The number of ether oxygens (including phenoxy) is 1. The van der Waals surface area contributed by atoms with Crippen LogP contribution in [0.1, 0.15) is 41.1 Å². The lowest BCUT2D eigenvalue weighted by Crippen LogP contribution is -2.33. The number of amides is 1. The van der Waals surface area contributed by atoms with Gasteiger partial charge in [0.15, 0.2) is 0 Å². The zero-order valence-corrected chi connectivity index (χ0v) is 20.9. The van der Waals surface area contributed by atoms with Crippen molar-refractivity contribution in [3.8, 4) is 5.75 Å². The molecule has 0 bridgehead atoms. The molecule has 0 aliphatic rings. The van der Waals surface area contributed by atoms with E-state index in [1.54, 1.807) is 31.4 Å². The Morgan fingerprint density at radius 3 is 2.26 bits per heavy atom. The lowest BCUT2D eigenvalue weighted by Gasteiger charge is -2.24. The first-order valence-electron chi connectivity index (χ1n) is 11.2. The van der Waals surface area contributed by atoms with Crippen molar-refractivity contribution in [2.45, 2.75) is 32.7 Å². The van der Waals surface area contributed by atoms with Crippen LogP contribution in [0.5, 0.6) is 5.75 Å². The summed E-state index contributed by atoms with van der Waals surface area (Å²) in [5, 5.41) is 3.15. The summed E-state index contributed by atoms with van der Waals surface area (Å²) in [7, 11) is -1.94. The number of hydrogen-bond acceptors (Lipinski definition) is 4. The summed E-state index contributed by atoms with van der Waals surface area (Å²) in [5.41, 5.74) is 4.86. The highest BCUT2D eigenvalue weighted by atomic mass is 32.2. The fraction of sp³-hybridized carbons (Fsp3) is 0.296. The highest BCUT2D eigenvalue weighted by Gasteiger charge is 2.21. The van der Waals surface area contributed by atoms with Gasteiger partial charge in [-0.1, -0.05) is 54.1 Å². The normalized spacial score (nSPS) is 12.1. The molecule has 0 aliphatic carbocycles. The van der Waals surface area contributed by atoms with Crippen molar-refractivity contribution in [2.75, 3.05) is 24.2 Å². The fourth-order valence-electron chi connectivity index (χ4n) is 3.99. The molecule has 1 unspecified atom stereocenters. The monoisotopic (exact) mass is 480 g/mol. The van der Waals surface area contributed by atoms with Crippen LogP contribution in [0.4, 0.5) is 5.69 Å². The number of nitrogens with zero attached hydrogens (tertiary/aromatic N) is 1. The highest BCUT2D eigenvalue weighted by molar-refractivity contribution is 7.92. The topological polar surface area (TPSA) is 75.7 Å². The molecule has 3 aromatic rings. The van der Waals surface area contributed by atoms with E-state index in [-0.39, 0.29) is 24.9 Å². The summed E-state index contributed by atoms with van der Waals surface area (Å²) in [5.74, 6) is 0.520. The van der Waals surface area contributed by atoms with Crippen LogP contribution in [-0.4, -0.2) is 34.2 Å². The van der Waals surface area contributed by atoms with Crippen molar-refractivity contribution in [1.29, 1.82) is 0 Å². The number of aryl methyl sites for hydroxylation is 2. The van der Waals surface area contributed by atoms with Gasteiger partial charge in [0, 0.05) is 13.0 Å². The van der Waals surface area contributed by atoms with E-state index in [0.717, 1.165) is 16.7 Å². The number of methoxy groups -OCH3 is 1. The molecule has 1 atom stereocenters. The van der Waals surface area contributed by atoms with Gasteiger partial charge in [-0.05, 0) is 61.2 Å². The van der Waals surface area contributed by atoms with Gasteiger partial charge < -0.3 is 10.1 Å². The second kappa shape index (κ2) is 11.2. The largest absolute Gasteiger partial charge is 0.497 e. The molecular formula is C27H32N2O4S. The molecule has 3 rings (SSSR count). The smallest absolute Gasteiger partial charge is 0.232 e. The summed E-state index contributed by atoms with van der Waals surface area (Å²) in [6, 6.07) is 22.6. The van der Waals surface area contributed by atoms with Crippen molar-refractivity contribution < 1.29 is 17.9 Å². The van der Waals surface area contributed by atoms with Crippen LogP contribution in [0.15, 0.2) is 72.8 Å². The van der Waals surface area contributed by atoms with Crippen LogP contribution >= 0.6 is 0 Å². The summed E-state index contributed by atoms with van der Waals surface area (Å²) in [6.07, 6.45) is 1.76. The zero-order valence-electron chi connectivity index (χ0n) is 20.1. The SMILES string of the molecule is COc1ccc(N(CCCC(=O)NC(c2ccccc2)c2ccc(C)cc2C)S(C)(=O)=O)cc1. The van der Waals surface area contributed by atoms with E-state index in [1.165, 1.54) is 16.1 Å². The molecule has 0 saturated carbocycles. The Balaban J connectivity index is 1.71. The first-order chi connectivity index (χ1) is 16.2. The average molecular weight is 481 g/mol. The average Bonchev–Trinajstić information content (AvgIpc) is 2.81. The minimum absolute atomic E-state index is 0.128. The molecule has 0 heterocycles. The minimum Gasteiger partial charge on any atom is -0.497 e. The predicted molar refractivity (Wildman–Crippen MR) is 137 cm³/mol. The summed E-state index contributed by atoms with van der Waals surface area (Å²) >= 11 is 0. The van der Waals surface area contributed by atoms with E-state index in [1.807, 2.05) is 50.2 Å². The Labute approximate surface area is 202 Å².